The quantitative estimate of drug-likeness (QED) is 0.407. The van der Waals surface area contributed by atoms with Crippen LogP contribution in [0, 0.1) is 25.7 Å². The van der Waals surface area contributed by atoms with Crippen molar-refractivity contribution in [2.24, 2.45) is 11.8 Å². The van der Waals surface area contributed by atoms with E-state index in [1.807, 2.05) is 32.3 Å². The van der Waals surface area contributed by atoms with Gasteiger partial charge < -0.3 is 19.8 Å². The van der Waals surface area contributed by atoms with Crippen molar-refractivity contribution in [3.05, 3.63) is 47.1 Å². The lowest BCUT2D eigenvalue weighted by Gasteiger charge is -2.21. The average Bonchev–Trinajstić information content (AvgIpc) is 3.53. The van der Waals surface area contributed by atoms with Crippen molar-refractivity contribution < 1.29 is 73.7 Å². The Morgan fingerprint density at radius 3 is 1.48 bits per heavy atom. The second-order valence-electron chi connectivity index (χ2n) is 9.48. The molecule has 2 aromatic rings. The number of alkyl halides is 9. The van der Waals surface area contributed by atoms with Crippen LogP contribution in [0.15, 0.2) is 29.0 Å². The predicted octanol–water partition coefficient (Wildman–Crippen LogP) is 4.15. The standard InChI is InChI=1S/C18H24N4O.3C2HF3O2/c1-13-18(14(2)23-20-13)12-22-10-16-8-21(9-17(16)11-22)7-15-4-3-5-19-6-15;3*3-2(4,5)1(6)7/h3-6,16-17H,7-12H2,1-2H3;3*(H,6,7). The predicted molar refractivity (Wildman–Crippen MR) is 129 cm³/mol. The third-order valence-corrected chi connectivity index (χ3v) is 6.06. The van der Waals surface area contributed by atoms with Crippen LogP contribution in [0.5, 0.6) is 0 Å². The number of nitrogens with zero attached hydrogens (tertiary/aromatic N) is 4. The molecule has 2 atom stereocenters. The van der Waals surface area contributed by atoms with Crippen LogP contribution in [0.2, 0.25) is 0 Å². The Morgan fingerprint density at radius 2 is 1.18 bits per heavy atom. The van der Waals surface area contributed by atoms with E-state index >= 15 is 0 Å². The number of hydrogen-bond acceptors (Lipinski definition) is 8. The third-order valence-electron chi connectivity index (χ3n) is 6.06. The molecule has 11 nitrogen and oxygen atoms in total. The Bertz CT molecular complexity index is 1140. The number of pyridine rings is 1. The minimum absolute atomic E-state index is 0.798. The fourth-order valence-corrected chi connectivity index (χ4v) is 4.15. The van der Waals surface area contributed by atoms with E-state index < -0.39 is 36.4 Å². The summed E-state index contributed by atoms with van der Waals surface area (Å²) < 4.78 is 101. The maximum Gasteiger partial charge on any atom is 0.490 e. The Balaban J connectivity index is 0.000000379. The number of halogens is 9. The molecule has 0 saturated carbocycles. The van der Waals surface area contributed by atoms with Crippen LogP contribution in [0.4, 0.5) is 39.5 Å². The van der Waals surface area contributed by atoms with Gasteiger partial charge in [0.15, 0.2) is 0 Å². The van der Waals surface area contributed by atoms with E-state index in [1.165, 1.54) is 37.3 Å². The molecule has 2 aliphatic rings. The van der Waals surface area contributed by atoms with Crippen molar-refractivity contribution in [1.82, 2.24) is 19.9 Å². The zero-order chi connectivity index (χ0) is 34.0. The first kappa shape index (κ1) is 38.1. The van der Waals surface area contributed by atoms with Crippen molar-refractivity contribution >= 4 is 17.9 Å². The highest BCUT2D eigenvalue weighted by atomic mass is 19.4. The van der Waals surface area contributed by atoms with Gasteiger partial charge in [0, 0.05) is 57.2 Å². The van der Waals surface area contributed by atoms with Gasteiger partial charge in [0.05, 0.1) is 5.69 Å². The number of carbonyl (C=O) groups is 3. The maximum absolute atomic E-state index is 10.6. The lowest BCUT2D eigenvalue weighted by Crippen LogP contribution is -2.28. The first-order chi connectivity index (χ1) is 20.0. The molecule has 248 valence electrons. The summed E-state index contributed by atoms with van der Waals surface area (Å²) in [5.74, 6) is -5.70. The number of aryl methyl sites for hydroxylation is 2. The molecule has 4 rings (SSSR count). The SMILES string of the molecule is Cc1noc(C)c1CN1CC2CN(Cc3cccnc3)CC2C1.O=C(O)C(F)(F)F.O=C(O)C(F)(F)F.O=C(O)C(F)(F)F. The zero-order valence-electron chi connectivity index (χ0n) is 22.9. The summed E-state index contributed by atoms with van der Waals surface area (Å²) in [7, 11) is 0. The van der Waals surface area contributed by atoms with Crippen molar-refractivity contribution in [2.75, 3.05) is 26.2 Å². The first-order valence-electron chi connectivity index (χ1n) is 12.2. The number of carboxylic acids is 3. The van der Waals surface area contributed by atoms with Gasteiger partial charge in [-0.2, -0.15) is 39.5 Å². The summed E-state index contributed by atoms with van der Waals surface area (Å²) in [5.41, 5.74) is 3.63. The second-order valence-corrected chi connectivity index (χ2v) is 9.48. The van der Waals surface area contributed by atoms with Crippen molar-refractivity contribution in [3.63, 3.8) is 0 Å². The smallest absolute Gasteiger partial charge is 0.475 e. The summed E-state index contributed by atoms with van der Waals surface area (Å²) in [4.78, 5) is 36.1. The molecule has 0 radical (unpaired) electrons. The summed E-state index contributed by atoms with van der Waals surface area (Å²) in [6, 6.07) is 4.20. The Morgan fingerprint density at radius 1 is 0.795 bits per heavy atom. The van der Waals surface area contributed by atoms with E-state index in [2.05, 4.69) is 26.0 Å². The minimum atomic E-state index is -5.08. The van der Waals surface area contributed by atoms with Gasteiger partial charge in [-0.1, -0.05) is 11.2 Å². The van der Waals surface area contributed by atoms with Gasteiger partial charge in [-0.05, 0) is 37.3 Å². The Kier molecular flexibility index (Phi) is 13.6. The number of hydrogen-bond donors (Lipinski definition) is 3. The van der Waals surface area contributed by atoms with Crippen LogP contribution in [0.3, 0.4) is 0 Å². The van der Waals surface area contributed by atoms with Gasteiger partial charge in [-0.3, -0.25) is 14.8 Å². The molecule has 2 saturated heterocycles. The Hall–Kier alpha value is -3.94. The molecule has 2 aliphatic heterocycles. The molecular weight excluding hydrogens is 627 g/mol. The maximum atomic E-state index is 10.6. The molecule has 0 spiro atoms. The topological polar surface area (TPSA) is 157 Å². The van der Waals surface area contributed by atoms with E-state index in [9.17, 15) is 39.5 Å². The van der Waals surface area contributed by atoms with Crippen LogP contribution < -0.4 is 0 Å². The van der Waals surface area contributed by atoms with Gasteiger partial charge in [-0.25, -0.2) is 14.4 Å². The molecular formula is C24H27F9N4O7. The molecule has 0 amide bonds. The van der Waals surface area contributed by atoms with E-state index in [0.29, 0.717) is 0 Å². The molecule has 0 aliphatic carbocycles. The van der Waals surface area contributed by atoms with Crippen LogP contribution in [-0.4, -0.2) is 97.9 Å². The summed E-state index contributed by atoms with van der Waals surface area (Å²) in [5, 5.41) is 25.4. The largest absolute Gasteiger partial charge is 0.490 e. The van der Waals surface area contributed by atoms with Crippen LogP contribution in [0.1, 0.15) is 22.6 Å². The monoisotopic (exact) mass is 654 g/mol. The van der Waals surface area contributed by atoms with E-state index in [4.69, 9.17) is 34.2 Å². The number of aliphatic carboxylic acids is 3. The number of aromatic nitrogens is 2. The van der Waals surface area contributed by atoms with Gasteiger partial charge in [0.2, 0.25) is 0 Å². The molecule has 44 heavy (non-hydrogen) atoms. The first-order valence-corrected chi connectivity index (χ1v) is 12.2. The number of rotatable bonds is 4. The zero-order valence-corrected chi connectivity index (χ0v) is 22.9. The normalized spacial score (nSPS) is 18.5. The van der Waals surface area contributed by atoms with Crippen molar-refractivity contribution in [1.29, 1.82) is 0 Å². The van der Waals surface area contributed by atoms with Gasteiger partial charge in [-0.15, -0.1) is 0 Å². The number of likely N-dealkylation sites (tertiary alicyclic amines) is 2. The molecule has 20 heteroatoms. The summed E-state index contributed by atoms with van der Waals surface area (Å²) in [6.45, 7) is 10.9. The molecule has 2 fully saturated rings. The molecule has 0 bridgehead atoms. The van der Waals surface area contributed by atoms with Crippen molar-refractivity contribution in [3.8, 4) is 0 Å². The summed E-state index contributed by atoms with van der Waals surface area (Å²) in [6.07, 6.45) is -11.4. The van der Waals surface area contributed by atoms with Crippen LogP contribution in [0.25, 0.3) is 0 Å². The Labute approximate surface area is 242 Å². The van der Waals surface area contributed by atoms with E-state index in [0.717, 1.165) is 36.4 Å². The summed E-state index contributed by atoms with van der Waals surface area (Å²) >= 11 is 0. The highest BCUT2D eigenvalue weighted by Gasteiger charge is 2.41. The lowest BCUT2D eigenvalue weighted by atomic mass is 10.0. The van der Waals surface area contributed by atoms with Crippen LogP contribution in [-0.2, 0) is 27.5 Å². The van der Waals surface area contributed by atoms with Crippen molar-refractivity contribution in [2.45, 2.75) is 45.5 Å². The minimum Gasteiger partial charge on any atom is -0.475 e. The molecule has 3 N–H and O–H groups in total. The van der Waals surface area contributed by atoms with Gasteiger partial charge in [0.1, 0.15) is 5.76 Å². The fraction of sp³-hybridized carbons (Fsp3) is 0.542. The number of fused-ring (bicyclic) bond motifs is 1. The van der Waals surface area contributed by atoms with E-state index in [-0.39, 0.29) is 0 Å². The van der Waals surface area contributed by atoms with Gasteiger partial charge >= 0.3 is 36.4 Å². The lowest BCUT2D eigenvalue weighted by molar-refractivity contribution is -0.193. The fourth-order valence-electron chi connectivity index (χ4n) is 4.15. The molecule has 4 heterocycles. The van der Waals surface area contributed by atoms with E-state index in [1.54, 1.807) is 0 Å². The molecule has 2 unspecified atom stereocenters. The molecule has 0 aromatic carbocycles. The van der Waals surface area contributed by atoms with Crippen LogP contribution >= 0.6 is 0 Å². The highest BCUT2D eigenvalue weighted by molar-refractivity contribution is 5.73. The van der Waals surface area contributed by atoms with Gasteiger partial charge in [0.25, 0.3) is 0 Å². The second kappa shape index (κ2) is 15.7. The number of carboxylic acid groups (broad SMARTS) is 3. The molecule has 2 aromatic heterocycles. The third kappa shape index (κ3) is 13.1. The highest BCUT2D eigenvalue weighted by Crippen LogP contribution is 2.33. The average molecular weight is 654 g/mol.